The monoisotopic (exact) mass is 428 g/mol. The van der Waals surface area contributed by atoms with Gasteiger partial charge in [0.2, 0.25) is 5.91 Å². The van der Waals surface area contributed by atoms with Crippen LogP contribution in [0.5, 0.6) is 0 Å². The maximum absolute atomic E-state index is 13.1. The quantitative estimate of drug-likeness (QED) is 0.622. The maximum Gasteiger partial charge on any atom is 0.224 e. The zero-order valence-electron chi connectivity index (χ0n) is 15.8. The summed E-state index contributed by atoms with van der Waals surface area (Å²) in [6.45, 7) is 2.82. The normalized spacial score (nSPS) is 12.1. The average molecular weight is 429 g/mol. The smallest absolute Gasteiger partial charge is 0.224 e. The van der Waals surface area contributed by atoms with Gasteiger partial charge in [0.15, 0.2) is 9.84 Å². The summed E-state index contributed by atoms with van der Waals surface area (Å²) in [5.41, 5.74) is 6.53. The van der Waals surface area contributed by atoms with Crippen LogP contribution in [0.4, 0.5) is 4.39 Å². The van der Waals surface area contributed by atoms with Gasteiger partial charge in [0.1, 0.15) is 5.82 Å². The van der Waals surface area contributed by atoms with Crippen molar-refractivity contribution in [1.82, 2.24) is 4.90 Å². The van der Waals surface area contributed by atoms with Crippen molar-refractivity contribution in [2.45, 2.75) is 36.5 Å². The Morgan fingerprint density at radius 2 is 1.71 bits per heavy atom. The molecular weight excluding hydrogens is 403 g/mol. The Morgan fingerprint density at radius 1 is 1.11 bits per heavy atom. The zero-order valence-corrected chi connectivity index (χ0v) is 17.4. The Morgan fingerprint density at radius 3 is 2.29 bits per heavy atom. The van der Waals surface area contributed by atoms with Crippen LogP contribution in [-0.4, -0.2) is 37.6 Å². The molecule has 0 aliphatic rings. The molecule has 0 fully saturated rings. The van der Waals surface area contributed by atoms with Crippen molar-refractivity contribution in [3.63, 3.8) is 0 Å². The first-order chi connectivity index (χ1) is 12.8. The molecule has 0 aromatic heterocycles. The molecule has 0 radical (unpaired) electrons. The van der Waals surface area contributed by atoms with Gasteiger partial charge in [-0.1, -0.05) is 30.3 Å². The molecule has 5 nitrogen and oxygen atoms in total. The van der Waals surface area contributed by atoms with Gasteiger partial charge in [-0.3, -0.25) is 4.79 Å². The van der Waals surface area contributed by atoms with Crippen LogP contribution >= 0.6 is 12.4 Å². The highest BCUT2D eigenvalue weighted by Gasteiger charge is 2.27. The van der Waals surface area contributed by atoms with E-state index < -0.39 is 20.9 Å². The largest absolute Gasteiger partial charge is 0.338 e. The van der Waals surface area contributed by atoms with E-state index >= 15 is 0 Å². The van der Waals surface area contributed by atoms with Crippen molar-refractivity contribution < 1.29 is 17.6 Å². The standard InChI is InChI=1S/C20H25FN2O3S.ClH/c1-16(27(25,26)19-10-8-18(21)9-11-19)14-20(24)23(13-5-12-22)15-17-6-3-2-4-7-17;/h2-4,6-11,16H,5,12-15,22H2,1H3;1H. The molecule has 1 unspecified atom stereocenters. The number of sulfone groups is 1. The first-order valence-corrected chi connectivity index (χ1v) is 10.4. The van der Waals surface area contributed by atoms with Crippen LogP contribution in [0.2, 0.25) is 0 Å². The van der Waals surface area contributed by atoms with Crippen molar-refractivity contribution in [1.29, 1.82) is 0 Å². The number of nitrogens with two attached hydrogens (primary N) is 1. The second kappa shape index (κ2) is 11.1. The average Bonchev–Trinajstić information content (AvgIpc) is 2.66. The second-order valence-corrected chi connectivity index (χ2v) is 8.82. The summed E-state index contributed by atoms with van der Waals surface area (Å²) in [6.07, 6.45) is 0.495. The fourth-order valence-corrected chi connectivity index (χ4v) is 4.06. The summed E-state index contributed by atoms with van der Waals surface area (Å²) < 4.78 is 38.4. The van der Waals surface area contributed by atoms with Gasteiger partial charge < -0.3 is 10.6 Å². The van der Waals surface area contributed by atoms with Crippen LogP contribution in [0.3, 0.4) is 0 Å². The molecule has 0 saturated carbocycles. The number of hydrogen-bond acceptors (Lipinski definition) is 4. The van der Waals surface area contributed by atoms with E-state index in [9.17, 15) is 17.6 Å². The molecule has 8 heteroatoms. The predicted octanol–water partition coefficient (Wildman–Crippen LogP) is 3.18. The van der Waals surface area contributed by atoms with Crippen LogP contribution in [0.1, 0.15) is 25.3 Å². The van der Waals surface area contributed by atoms with Gasteiger partial charge in [-0.15, -0.1) is 12.4 Å². The van der Waals surface area contributed by atoms with Gasteiger partial charge >= 0.3 is 0 Å². The molecule has 2 N–H and O–H groups in total. The molecule has 1 atom stereocenters. The minimum Gasteiger partial charge on any atom is -0.338 e. The molecular formula is C20H26ClFN2O3S. The molecule has 0 heterocycles. The minimum absolute atomic E-state index is 0. The SMILES string of the molecule is CC(CC(=O)N(CCCN)Cc1ccccc1)S(=O)(=O)c1ccc(F)cc1.Cl. The number of amides is 1. The molecule has 0 aliphatic carbocycles. The molecule has 2 aromatic carbocycles. The number of carbonyl (C=O) groups is 1. The molecule has 0 saturated heterocycles. The van der Waals surface area contributed by atoms with Crippen LogP contribution in [0.15, 0.2) is 59.5 Å². The van der Waals surface area contributed by atoms with E-state index in [0.717, 1.165) is 17.7 Å². The lowest BCUT2D eigenvalue weighted by Crippen LogP contribution is -2.35. The number of carbonyl (C=O) groups excluding carboxylic acids is 1. The van der Waals surface area contributed by atoms with Gasteiger partial charge in [-0.05, 0) is 49.7 Å². The lowest BCUT2D eigenvalue weighted by molar-refractivity contribution is -0.131. The summed E-state index contributed by atoms with van der Waals surface area (Å²) in [5.74, 6) is -0.751. The van der Waals surface area contributed by atoms with Crippen molar-refractivity contribution in [2.24, 2.45) is 5.73 Å². The number of benzene rings is 2. The third kappa shape index (κ3) is 6.58. The van der Waals surface area contributed by atoms with Gasteiger partial charge in [0.05, 0.1) is 10.1 Å². The van der Waals surface area contributed by atoms with Crippen LogP contribution in [-0.2, 0) is 21.2 Å². The highest BCUT2D eigenvalue weighted by atomic mass is 35.5. The van der Waals surface area contributed by atoms with Crippen molar-refractivity contribution in [2.75, 3.05) is 13.1 Å². The van der Waals surface area contributed by atoms with E-state index in [4.69, 9.17) is 5.73 Å². The minimum atomic E-state index is -3.72. The third-order valence-corrected chi connectivity index (χ3v) is 6.49. The third-order valence-electron chi connectivity index (χ3n) is 4.34. The van der Waals surface area contributed by atoms with Crippen LogP contribution in [0, 0.1) is 5.82 Å². The first-order valence-electron chi connectivity index (χ1n) is 8.86. The van der Waals surface area contributed by atoms with Crippen molar-refractivity contribution in [3.05, 3.63) is 66.0 Å². The highest BCUT2D eigenvalue weighted by Crippen LogP contribution is 2.20. The van der Waals surface area contributed by atoms with Crippen LogP contribution in [0.25, 0.3) is 0 Å². The van der Waals surface area contributed by atoms with Crippen molar-refractivity contribution in [3.8, 4) is 0 Å². The summed E-state index contributed by atoms with van der Waals surface area (Å²) in [4.78, 5) is 14.4. The van der Waals surface area contributed by atoms with Gasteiger partial charge in [-0.2, -0.15) is 0 Å². The Hall–Kier alpha value is -1.96. The Balaban J connectivity index is 0.00000392. The highest BCUT2D eigenvalue weighted by molar-refractivity contribution is 7.92. The Bertz CT molecular complexity index is 846. The van der Waals surface area contributed by atoms with Crippen LogP contribution < -0.4 is 5.73 Å². The lowest BCUT2D eigenvalue weighted by Gasteiger charge is -2.24. The Kier molecular flexibility index (Phi) is 9.58. The fourth-order valence-electron chi connectivity index (χ4n) is 2.72. The van der Waals surface area contributed by atoms with E-state index in [1.54, 1.807) is 4.90 Å². The fraction of sp³-hybridized carbons (Fsp3) is 0.350. The Labute approximate surface area is 172 Å². The van der Waals surface area contributed by atoms with E-state index in [0.29, 0.717) is 26.1 Å². The number of hydrogen-bond donors (Lipinski definition) is 1. The van der Waals surface area contributed by atoms with E-state index in [2.05, 4.69) is 0 Å². The number of halogens is 2. The summed E-state index contributed by atoms with van der Waals surface area (Å²) in [7, 11) is -3.72. The summed E-state index contributed by atoms with van der Waals surface area (Å²) >= 11 is 0. The van der Waals surface area contributed by atoms with Gasteiger partial charge in [0.25, 0.3) is 0 Å². The molecule has 2 rings (SSSR count). The molecule has 2 aromatic rings. The summed E-state index contributed by atoms with van der Waals surface area (Å²) in [6, 6.07) is 14.2. The van der Waals surface area contributed by atoms with Gasteiger partial charge in [0, 0.05) is 19.5 Å². The number of rotatable bonds is 9. The molecule has 0 spiro atoms. The van der Waals surface area contributed by atoms with E-state index in [1.165, 1.54) is 19.1 Å². The summed E-state index contributed by atoms with van der Waals surface area (Å²) in [5, 5.41) is -0.911. The maximum atomic E-state index is 13.1. The molecule has 1 amide bonds. The number of nitrogens with zero attached hydrogens (tertiary/aromatic N) is 1. The van der Waals surface area contributed by atoms with E-state index in [1.807, 2.05) is 30.3 Å². The van der Waals surface area contributed by atoms with Crippen molar-refractivity contribution >= 4 is 28.2 Å². The molecule has 0 bridgehead atoms. The zero-order chi connectivity index (χ0) is 19.9. The van der Waals surface area contributed by atoms with E-state index in [-0.39, 0.29) is 29.6 Å². The molecule has 0 aliphatic heterocycles. The first kappa shape index (κ1) is 24.1. The lowest BCUT2D eigenvalue weighted by atomic mass is 10.2. The molecule has 28 heavy (non-hydrogen) atoms. The predicted molar refractivity (Wildman–Crippen MR) is 110 cm³/mol. The van der Waals surface area contributed by atoms with Gasteiger partial charge in [-0.25, -0.2) is 12.8 Å². The topological polar surface area (TPSA) is 80.5 Å². The molecule has 154 valence electrons. The second-order valence-electron chi connectivity index (χ2n) is 6.46.